The summed E-state index contributed by atoms with van der Waals surface area (Å²) in [4.78, 5) is 35.3. The van der Waals surface area contributed by atoms with Crippen LogP contribution >= 0.6 is 11.3 Å². The Kier molecular flexibility index (Phi) is 6.48. The van der Waals surface area contributed by atoms with Crippen LogP contribution in [-0.2, 0) is 11.3 Å². The zero-order valence-corrected chi connectivity index (χ0v) is 23.1. The van der Waals surface area contributed by atoms with Gasteiger partial charge in [0.05, 0.1) is 6.04 Å². The number of carbonyl (C=O) groups is 2. The quantitative estimate of drug-likeness (QED) is 0.260. The molecule has 4 atom stereocenters. The van der Waals surface area contributed by atoms with E-state index in [1.54, 1.807) is 11.3 Å². The third kappa shape index (κ3) is 3.93. The van der Waals surface area contributed by atoms with Gasteiger partial charge >= 0.3 is 6.03 Å². The number of rotatable bonds is 7. The van der Waals surface area contributed by atoms with E-state index in [9.17, 15) is 9.59 Å². The molecule has 0 N–H and O–H groups in total. The summed E-state index contributed by atoms with van der Waals surface area (Å²) in [5.41, 5.74) is 2.62. The zero-order chi connectivity index (χ0) is 26.4. The summed E-state index contributed by atoms with van der Waals surface area (Å²) in [5, 5.41) is 2.10. The van der Waals surface area contributed by atoms with E-state index in [4.69, 9.17) is 0 Å². The maximum atomic E-state index is 14.1. The van der Waals surface area contributed by atoms with E-state index in [0.29, 0.717) is 6.54 Å². The first-order chi connectivity index (χ1) is 18.4. The van der Waals surface area contributed by atoms with Crippen molar-refractivity contribution in [2.75, 3.05) is 13.1 Å². The summed E-state index contributed by atoms with van der Waals surface area (Å²) < 4.78 is 0. The van der Waals surface area contributed by atoms with Gasteiger partial charge in [-0.25, -0.2) is 4.79 Å². The summed E-state index contributed by atoms with van der Waals surface area (Å²) in [6, 6.07) is 22.7. The second kappa shape index (κ2) is 9.83. The van der Waals surface area contributed by atoms with Crippen LogP contribution in [0.5, 0.6) is 0 Å². The van der Waals surface area contributed by atoms with Crippen LogP contribution in [0.3, 0.4) is 0 Å². The van der Waals surface area contributed by atoms with Gasteiger partial charge in [0.2, 0.25) is 0 Å². The maximum Gasteiger partial charge on any atom is 0.328 e. The molecule has 3 aliphatic heterocycles. The van der Waals surface area contributed by atoms with Crippen molar-refractivity contribution in [2.45, 2.75) is 51.4 Å². The predicted octanol–water partition coefficient (Wildman–Crippen LogP) is 6.54. The molecule has 6 rings (SSSR count). The molecule has 0 bridgehead atoms. The molecule has 5 nitrogen and oxygen atoms in total. The number of hydrogen-bond acceptors (Lipinski definition) is 4. The Hall–Kier alpha value is -3.22. The molecule has 6 heteroatoms. The van der Waals surface area contributed by atoms with Crippen LogP contribution in [0, 0.1) is 11.8 Å². The lowest BCUT2D eigenvalue weighted by Crippen LogP contribution is -2.52. The lowest BCUT2D eigenvalue weighted by Gasteiger charge is -2.33. The van der Waals surface area contributed by atoms with Crippen molar-refractivity contribution < 1.29 is 9.59 Å². The Morgan fingerprint density at radius 2 is 1.68 bits per heavy atom. The molecule has 0 unspecified atom stereocenters. The molecule has 3 aromatic rings. The number of thiophene rings is 1. The molecule has 2 aromatic carbocycles. The fourth-order valence-electron chi connectivity index (χ4n) is 7.05. The predicted molar refractivity (Wildman–Crippen MR) is 153 cm³/mol. The average molecular weight is 526 g/mol. The summed E-state index contributed by atoms with van der Waals surface area (Å²) >= 11 is 1.75. The van der Waals surface area contributed by atoms with E-state index in [1.807, 2.05) is 36.9 Å². The molecule has 3 fully saturated rings. The van der Waals surface area contributed by atoms with Gasteiger partial charge in [0.1, 0.15) is 5.54 Å². The summed E-state index contributed by atoms with van der Waals surface area (Å²) in [6.07, 6.45) is 5.16. The van der Waals surface area contributed by atoms with Crippen molar-refractivity contribution in [3.8, 4) is 0 Å². The van der Waals surface area contributed by atoms with Crippen LogP contribution in [-0.4, -0.2) is 51.3 Å². The summed E-state index contributed by atoms with van der Waals surface area (Å²) in [6.45, 7) is 8.38. The van der Waals surface area contributed by atoms with E-state index in [1.165, 1.54) is 9.78 Å². The highest BCUT2D eigenvalue weighted by atomic mass is 32.1. The van der Waals surface area contributed by atoms with Crippen molar-refractivity contribution in [2.24, 2.45) is 11.8 Å². The minimum atomic E-state index is -0.782. The molecule has 1 aromatic heterocycles. The Morgan fingerprint density at radius 3 is 2.32 bits per heavy atom. The second-order valence-electron chi connectivity index (χ2n) is 11.1. The molecule has 1 spiro atoms. The largest absolute Gasteiger partial charge is 0.328 e. The molecule has 0 saturated carbocycles. The van der Waals surface area contributed by atoms with E-state index in [-0.39, 0.29) is 35.9 Å². The third-order valence-corrected chi connectivity index (χ3v) is 9.52. The Labute approximate surface area is 229 Å². The van der Waals surface area contributed by atoms with Crippen molar-refractivity contribution in [3.05, 3.63) is 93.7 Å². The molecule has 0 radical (unpaired) electrons. The van der Waals surface area contributed by atoms with Crippen molar-refractivity contribution in [1.29, 1.82) is 0 Å². The van der Waals surface area contributed by atoms with Crippen LogP contribution in [0.2, 0.25) is 0 Å². The molecule has 3 saturated heterocycles. The van der Waals surface area contributed by atoms with Crippen LogP contribution in [0.4, 0.5) is 4.79 Å². The smallest absolute Gasteiger partial charge is 0.301 e. The highest BCUT2D eigenvalue weighted by Gasteiger charge is 2.73. The Morgan fingerprint density at radius 1 is 0.974 bits per heavy atom. The number of hydrogen-bond donors (Lipinski definition) is 0. The van der Waals surface area contributed by atoms with Crippen molar-refractivity contribution >= 4 is 35.4 Å². The fraction of sp³-hybridized carbons (Fsp3) is 0.375. The highest BCUT2D eigenvalue weighted by Crippen LogP contribution is 2.59. The van der Waals surface area contributed by atoms with Gasteiger partial charge in [-0.05, 0) is 47.9 Å². The van der Waals surface area contributed by atoms with Gasteiger partial charge in [0, 0.05) is 36.5 Å². The molecular weight excluding hydrogens is 490 g/mol. The summed E-state index contributed by atoms with van der Waals surface area (Å²) in [5.74, 6) is 0.353. The lowest BCUT2D eigenvalue weighted by molar-refractivity contribution is -0.134. The fourth-order valence-corrected chi connectivity index (χ4v) is 7.80. The Bertz CT molecular complexity index is 1330. The number of nitrogens with zero attached hydrogens (tertiary/aromatic N) is 3. The van der Waals surface area contributed by atoms with Crippen LogP contribution in [0.15, 0.2) is 72.1 Å². The lowest BCUT2D eigenvalue weighted by atomic mass is 9.78. The molecule has 0 aliphatic carbocycles. The van der Waals surface area contributed by atoms with Gasteiger partial charge in [-0.2, -0.15) is 0 Å². The first-order valence-electron chi connectivity index (χ1n) is 13.7. The van der Waals surface area contributed by atoms with Crippen LogP contribution in [0.25, 0.3) is 12.2 Å². The van der Waals surface area contributed by atoms with Gasteiger partial charge < -0.3 is 4.90 Å². The number of amides is 3. The van der Waals surface area contributed by atoms with Gasteiger partial charge in [-0.3, -0.25) is 14.6 Å². The standard InChI is InChI=1S/C32H35N3O2S/c1-4-27-28-20-33(19-26-11-8-18-38-26)21-32(28)30(36)34(22(2)3)31(37)35(32)29(27)25-16-14-24(15-17-25)13-12-23-9-6-5-7-10-23/h5-18,22,27-29H,4,19-21H2,1-3H3/b13-12+/t27-,28-,29-,32-/m0/s1. The van der Waals surface area contributed by atoms with Crippen molar-refractivity contribution in [3.63, 3.8) is 0 Å². The maximum absolute atomic E-state index is 14.1. The number of benzene rings is 2. The highest BCUT2D eigenvalue weighted by molar-refractivity contribution is 7.09. The summed E-state index contributed by atoms with van der Waals surface area (Å²) in [7, 11) is 0. The molecule has 3 aliphatic rings. The number of carbonyl (C=O) groups excluding carboxylic acids is 2. The molecular formula is C32H35N3O2S. The number of imide groups is 1. The zero-order valence-electron chi connectivity index (χ0n) is 22.3. The van der Waals surface area contributed by atoms with Crippen LogP contribution < -0.4 is 0 Å². The topological polar surface area (TPSA) is 43.9 Å². The van der Waals surface area contributed by atoms with Gasteiger partial charge in [0.25, 0.3) is 5.91 Å². The van der Waals surface area contributed by atoms with Crippen LogP contribution in [0.1, 0.15) is 54.8 Å². The van der Waals surface area contributed by atoms with E-state index < -0.39 is 5.54 Å². The second-order valence-corrected chi connectivity index (χ2v) is 12.2. The van der Waals surface area contributed by atoms with E-state index >= 15 is 0 Å². The van der Waals surface area contributed by atoms with Gasteiger partial charge in [-0.15, -0.1) is 11.3 Å². The van der Waals surface area contributed by atoms with Gasteiger partial charge in [0.15, 0.2) is 0 Å². The molecule has 3 amide bonds. The van der Waals surface area contributed by atoms with E-state index in [2.05, 4.69) is 77.9 Å². The third-order valence-electron chi connectivity index (χ3n) is 8.66. The minimum absolute atomic E-state index is 0.000422. The monoisotopic (exact) mass is 525 g/mol. The first-order valence-corrected chi connectivity index (χ1v) is 14.6. The SMILES string of the molecule is CC[C@@H]1[C@H](c2ccc(/C=C/c3ccccc3)cc2)N2C(=O)N(C(C)C)C(=O)[C@@]23CN(Cc2cccs2)C[C@@H]13. The molecule has 196 valence electrons. The first kappa shape index (κ1) is 25.1. The van der Waals surface area contributed by atoms with Gasteiger partial charge in [-0.1, -0.05) is 86.2 Å². The Balaban J connectivity index is 1.34. The molecule has 38 heavy (non-hydrogen) atoms. The van der Waals surface area contributed by atoms with Crippen molar-refractivity contribution in [1.82, 2.24) is 14.7 Å². The number of likely N-dealkylation sites (tertiary alicyclic amines) is 1. The minimum Gasteiger partial charge on any atom is -0.301 e. The van der Waals surface area contributed by atoms with E-state index in [0.717, 1.165) is 36.2 Å². The molecule has 4 heterocycles. The number of urea groups is 1. The normalized spacial score (nSPS) is 27.2. The average Bonchev–Trinajstić information content (AvgIpc) is 3.66.